The van der Waals surface area contributed by atoms with Crippen molar-refractivity contribution in [2.24, 2.45) is 5.92 Å². The van der Waals surface area contributed by atoms with Crippen LogP contribution in [0.25, 0.3) is 0 Å². The second kappa shape index (κ2) is 7.25. The molecule has 1 nitrogen and oxygen atoms in total. The van der Waals surface area contributed by atoms with Gasteiger partial charge in [-0.05, 0) is 43.4 Å². The highest BCUT2D eigenvalue weighted by Crippen LogP contribution is 2.25. The summed E-state index contributed by atoms with van der Waals surface area (Å²) < 4.78 is 13.4. The fourth-order valence-corrected chi connectivity index (χ4v) is 3.02. The summed E-state index contributed by atoms with van der Waals surface area (Å²) in [6.07, 6.45) is 8.11. The van der Waals surface area contributed by atoms with Crippen molar-refractivity contribution in [2.75, 3.05) is 0 Å². The van der Waals surface area contributed by atoms with Crippen LogP contribution in [0, 0.1) is 11.7 Å². The molecule has 0 heterocycles. The minimum atomic E-state index is -0.330. The molecule has 1 aromatic rings. The van der Waals surface area contributed by atoms with Gasteiger partial charge in [-0.15, -0.1) is 0 Å². The van der Waals surface area contributed by atoms with Crippen molar-refractivity contribution in [3.05, 3.63) is 34.6 Å². The van der Waals surface area contributed by atoms with E-state index in [2.05, 4.69) is 12.2 Å². The van der Waals surface area contributed by atoms with Crippen LogP contribution in [0.15, 0.2) is 18.2 Å². The summed E-state index contributed by atoms with van der Waals surface area (Å²) >= 11 is 5.69. The van der Waals surface area contributed by atoms with E-state index >= 15 is 0 Å². The molecule has 0 bridgehead atoms. The van der Waals surface area contributed by atoms with E-state index in [4.69, 9.17) is 11.6 Å². The number of halogens is 2. The first-order chi connectivity index (χ1) is 9.16. The van der Waals surface area contributed by atoms with Gasteiger partial charge < -0.3 is 5.32 Å². The van der Waals surface area contributed by atoms with Gasteiger partial charge in [-0.1, -0.05) is 43.4 Å². The highest BCUT2D eigenvalue weighted by molar-refractivity contribution is 6.30. The predicted molar refractivity (Wildman–Crippen MR) is 78.9 cm³/mol. The molecule has 0 aliphatic heterocycles. The zero-order valence-corrected chi connectivity index (χ0v) is 12.3. The number of hydrogen-bond donors (Lipinski definition) is 1. The number of rotatable bonds is 4. The van der Waals surface area contributed by atoms with Gasteiger partial charge >= 0.3 is 0 Å². The summed E-state index contributed by atoms with van der Waals surface area (Å²) in [5.74, 6) is 0.433. The maximum atomic E-state index is 13.4. The van der Waals surface area contributed by atoms with E-state index in [0.717, 1.165) is 11.5 Å². The average Bonchev–Trinajstić information content (AvgIpc) is 2.69. The van der Waals surface area contributed by atoms with Crippen molar-refractivity contribution in [1.82, 2.24) is 5.32 Å². The molecule has 1 aliphatic carbocycles. The van der Waals surface area contributed by atoms with Gasteiger partial charge in [-0.25, -0.2) is 4.39 Å². The Hall–Kier alpha value is -0.600. The van der Waals surface area contributed by atoms with Crippen molar-refractivity contribution in [2.45, 2.75) is 58.0 Å². The molecule has 1 fully saturated rings. The lowest BCUT2D eigenvalue weighted by Gasteiger charge is -2.23. The predicted octanol–water partition coefficient (Wildman–Crippen LogP) is 4.93. The molecule has 0 unspecified atom stereocenters. The molecule has 1 N–H and O–H groups in total. The summed E-state index contributed by atoms with van der Waals surface area (Å²) in [5, 5.41) is 3.73. The number of nitrogens with one attached hydrogen (secondary N) is 1. The van der Waals surface area contributed by atoms with Gasteiger partial charge in [-0.3, -0.25) is 0 Å². The molecule has 3 heteroatoms. The average molecular weight is 284 g/mol. The van der Waals surface area contributed by atoms with E-state index in [1.54, 1.807) is 6.07 Å². The third-order valence-electron chi connectivity index (χ3n) is 4.22. The molecule has 2 rings (SSSR count). The standard InChI is InChI=1S/C16H23ClFN/c1-12(14-6-4-2-3-5-7-14)19-11-13-8-9-15(17)16(18)10-13/h8-10,12,14,19H,2-7,11H2,1H3/t12-/m0/s1. The lowest BCUT2D eigenvalue weighted by atomic mass is 9.93. The first kappa shape index (κ1) is 14.8. The lowest BCUT2D eigenvalue weighted by Crippen LogP contribution is -2.32. The van der Waals surface area contributed by atoms with Gasteiger partial charge in [0.25, 0.3) is 0 Å². The topological polar surface area (TPSA) is 12.0 Å². The molecule has 1 aliphatic rings. The molecule has 1 atom stereocenters. The highest BCUT2D eigenvalue weighted by Gasteiger charge is 2.18. The molecule has 0 aromatic heterocycles. The minimum absolute atomic E-state index is 0.195. The van der Waals surface area contributed by atoms with Crippen LogP contribution in [0.4, 0.5) is 4.39 Å². The van der Waals surface area contributed by atoms with Crippen LogP contribution >= 0.6 is 11.6 Å². The van der Waals surface area contributed by atoms with Gasteiger partial charge in [0.2, 0.25) is 0 Å². The Morgan fingerprint density at radius 1 is 1.26 bits per heavy atom. The number of benzene rings is 1. The van der Waals surface area contributed by atoms with Gasteiger partial charge in [0, 0.05) is 12.6 Å². The molecular weight excluding hydrogens is 261 g/mol. The molecule has 1 aromatic carbocycles. The van der Waals surface area contributed by atoms with Gasteiger partial charge in [0.05, 0.1) is 5.02 Å². The molecule has 0 amide bonds. The van der Waals surface area contributed by atoms with Crippen molar-refractivity contribution < 1.29 is 4.39 Å². The van der Waals surface area contributed by atoms with Crippen LogP contribution in [0.2, 0.25) is 5.02 Å². The summed E-state index contributed by atoms with van der Waals surface area (Å²) in [5.41, 5.74) is 0.961. The molecule has 106 valence electrons. The van der Waals surface area contributed by atoms with E-state index in [1.165, 1.54) is 44.6 Å². The van der Waals surface area contributed by atoms with E-state index in [-0.39, 0.29) is 10.8 Å². The van der Waals surface area contributed by atoms with Crippen LogP contribution < -0.4 is 5.32 Å². The monoisotopic (exact) mass is 283 g/mol. The van der Waals surface area contributed by atoms with E-state index in [9.17, 15) is 4.39 Å². The van der Waals surface area contributed by atoms with Crippen molar-refractivity contribution in [1.29, 1.82) is 0 Å². The van der Waals surface area contributed by atoms with Crippen LogP contribution in [0.1, 0.15) is 51.0 Å². The van der Waals surface area contributed by atoms with Gasteiger partial charge in [-0.2, -0.15) is 0 Å². The van der Waals surface area contributed by atoms with E-state index < -0.39 is 0 Å². The zero-order valence-electron chi connectivity index (χ0n) is 11.6. The molecule has 0 radical (unpaired) electrons. The minimum Gasteiger partial charge on any atom is -0.310 e. The largest absolute Gasteiger partial charge is 0.310 e. The van der Waals surface area contributed by atoms with E-state index in [1.807, 2.05) is 6.07 Å². The molecule has 0 saturated heterocycles. The second-order valence-electron chi connectivity index (χ2n) is 5.67. The van der Waals surface area contributed by atoms with Crippen molar-refractivity contribution in [3.63, 3.8) is 0 Å². The Morgan fingerprint density at radius 2 is 1.95 bits per heavy atom. The quantitative estimate of drug-likeness (QED) is 0.773. The van der Waals surface area contributed by atoms with Crippen molar-refractivity contribution >= 4 is 11.6 Å². The summed E-state index contributed by atoms with van der Waals surface area (Å²) in [6, 6.07) is 5.54. The van der Waals surface area contributed by atoms with Crippen LogP contribution in [0.5, 0.6) is 0 Å². The van der Waals surface area contributed by atoms with Gasteiger partial charge in [0.1, 0.15) is 5.82 Å². The lowest BCUT2D eigenvalue weighted by molar-refractivity contribution is 0.336. The van der Waals surface area contributed by atoms with Crippen LogP contribution in [0.3, 0.4) is 0 Å². The molecule has 19 heavy (non-hydrogen) atoms. The summed E-state index contributed by atoms with van der Waals surface area (Å²) in [4.78, 5) is 0. The Labute approximate surface area is 120 Å². The Balaban J connectivity index is 1.84. The third-order valence-corrected chi connectivity index (χ3v) is 4.53. The normalized spacial score (nSPS) is 19.1. The SMILES string of the molecule is C[C@H](NCc1ccc(Cl)c(F)c1)C1CCCCCC1. The van der Waals surface area contributed by atoms with Crippen molar-refractivity contribution in [3.8, 4) is 0 Å². The Bertz CT molecular complexity index is 400. The summed E-state index contributed by atoms with van der Waals surface area (Å²) in [6.45, 7) is 2.97. The Kier molecular flexibility index (Phi) is 5.65. The highest BCUT2D eigenvalue weighted by atomic mass is 35.5. The van der Waals surface area contributed by atoms with Gasteiger partial charge in [0.15, 0.2) is 0 Å². The first-order valence-electron chi connectivity index (χ1n) is 7.34. The smallest absolute Gasteiger partial charge is 0.142 e. The number of hydrogen-bond acceptors (Lipinski definition) is 1. The molecular formula is C16H23ClFN. The molecule has 1 saturated carbocycles. The summed E-state index contributed by atoms with van der Waals surface area (Å²) in [7, 11) is 0. The first-order valence-corrected chi connectivity index (χ1v) is 7.72. The molecule has 0 spiro atoms. The van der Waals surface area contributed by atoms with E-state index in [0.29, 0.717) is 12.6 Å². The fraction of sp³-hybridized carbons (Fsp3) is 0.625. The Morgan fingerprint density at radius 3 is 2.58 bits per heavy atom. The van der Waals surface area contributed by atoms with Crippen LogP contribution in [-0.2, 0) is 6.54 Å². The maximum absolute atomic E-state index is 13.4. The second-order valence-corrected chi connectivity index (χ2v) is 6.08. The zero-order chi connectivity index (χ0) is 13.7. The fourth-order valence-electron chi connectivity index (χ4n) is 2.91. The maximum Gasteiger partial charge on any atom is 0.142 e. The third kappa shape index (κ3) is 4.47. The van der Waals surface area contributed by atoms with Crippen LogP contribution in [-0.4, -0.2) is 6.04 Å².